The highest BCUT2D eigenvalue weighted by molar-refractivity contribution is 9.10. The lowest BCUT2D eigenvalue weighted by Gasteiger charge is -2.08. The highest BCUT2D eigenvalue weighted by Gasteiger charge is 2.02. The molecule has 13 heavy (non-hydrogen) atoms. The van der Waals surface area contributed by atoms with Crippen LogP contribution in [0.2, 0.25) is 0 Å². The molecule has 0 saturated carbocycles. The molecule has 0 bridgehead atoms. The van der Waals surface area contributed by atoms with Gasteiger partial charge in [0.2, 0.25) is 0 Å². The lowest BCUT2D eigenvalue weighted by atomic mass is 10.3. The minimum absolute atomic E-state index is 0.739. The van der Waals surface area contributed by atoms with Crippen LogP contribution in [-0.2, 0) is 0 Å². The number of nitrogens with zero attached hydrogens (tertiary/aromatic N) is 1. The van der Waals surface area contributed by atoms with Crippen LogP contribution in [0, 0.1) is 0 Å². The maximum Gasteiger partial charge on any atom is 0.159 e. The third-order valence-electron chi connectivity index (χ3n) is 1.64. The number of ether oxygens (including phenoxy) is 1. The Hall–Kier alpha value is -0.830. The summed E-state index contributed by atoms with van der Waals surface area (Å²) >= 11 is 3.32. The van der Waals surface area contributed by atoms with E-state index in [9.17, 15) is 0 Å². The Bertz CT molecular complexity index is 310. The minimum atomic E-state index is 0.739. The Kier molecular flexibility index (Phi) is 3.96. The first-order valence-corrected chi connectivity index (χ1v) is 5.00. The van der Waals surface area contributed by atoms with E-state index in [1.807, 2.05) is 25.1 Å². The summed E-state index contributed by atoms with van der Waals surface area (Å²) in [6.07, 6.45) is 4.56. The van der Waals surface area contributed by atoms with Crippen molar-refractivity contribution in [1.29, 1.82) is 0 Å². The van der Waals surface area contributed by atoms with Crippen molar-refractivity contribution in [1.82, 2.24) is 4.98 Å². The molecule has 2 nitrogen and oxygen atoms in total. The van der Waals surface area contributed by atoms with Gasteiger partial charge in [-0.15, -0.1) is 0 Å². The minimum Gasteiger partial charge on any atom is -0.459 e. The molecule has 0 fully saturated rings. The number of aromatic nitrogens is 1. The van der Waals surface area contributed by atoms with Crippen LogP contribution in [0.25, 0.3) is 0 Å². The van der Waals surface area contributed by atoms with Crippen LogP contribution in [-0.4, -0.2) is 4.98 Å². The zero-order valence-electron chi connectivity index (χ0n) is 7.75. The van der Waals surface area contributed by atoms with Crippen molar-refractivity contribution in [2.75, 3.05) is 0 Å². The maximum atomic E-state index is 5.60. The van der Waals surface area contributed by atoms with Crippen LogP contribution < -0.4 is 4.74 Å². The molecule has 1 heterocycles. The molecule has 0 radical (unpaired) electrons. The van der Waals surface area contributed by atoms with Gasteiger partial charge >= 0.3 is 0 Å². The van der Waals surface area contributed by atoms with E-state index in [0.717, 1.165) is 22.5 Å². The van der Waals surface area contributed by atoms with Crippen molar-refractivity contribution in [2.24, 2.45) is 0 Å². The zero-order chi connectivity index (χ0) is 9.68. The van der Waals surface area contributed by atoms with E-state index in [4.69, 9.17) is 4.74 Å². The van der Waals surface area contributed by atoms with E-state index in [-0.39, 0.29) is 0 Å². The van der Waals surface area contributed by atoms with Gasteiger partial charge in [0.05, 0.1) is 5.76 Å². The number of halogens is 1. The van der Waals surface area contributed by atoms with Crippen LogP contribution in [0.5, 0.6) is 5.75 Å². The molecule has 0 atom stereocenters. The molecule has 0 spiro atoms. The third-order valence-corrected chi connectivity index (χ3v) is 2.23. The number of hydrogen-bond donors (Lipinski definition) is 0. The fraction of sp³-hybridized carbons (Fsp3) is 0.300. The Balaban J connectivity index is 2.80. The molecule has 1 rings (SSSR count). The second kappa shape index (κ2) is 5.02. The van der Waals surface area contributed by atoms with E-state index in [2.05, 4.69) is 27.8 Å². The van der Waals surface area contributed by atoms with Crippen LogP contribution in [0.4, 0.5) is 0 Å². The molecule has 0 saturated heterocycles. The summed E-state index contributed by atoms with van der Waals surface area (Å²) in [6, 6.07) is 3.74. The number of pyridine rings is 1. The Morgan fingerprint density at radius 2 is 2.46 bits per heavy atom. The lowest BCUT2D eigenvalue weighted by Crippen LogP contribution is -1.94. The van der Waals surface area contributed by atoms with E-state index < -0.39 is 0 Å². The van der Waals surface area contributed by atoms with Crippen molar-refractivity contribution >= 4 is 15.9 Å². The van der Waals surface area contributed by atoms with Crippen LogP contribution in [0.1, 0.15) is 20.3 Å². The van der Waals surface area contributed by atoms with Crippen molar-refractivity contribution in [3.05, 3.63) is 34.8 Å². The van der Waals surface area contributed by atoms with Crippen LogP contribution in [0.15, 0.2) is 34.8 Å². The second-order valence-corrected chi connectivity index (χ2v) is 3.25. The average Bonchev–Trinajstić information content (AvgIpc) is 2.17. The van der Waals surface area contributed by atoms with Gasteiger partial charge in [-0.05, 0) is 41.1 Å². The molecule has 1 aromatic heterocycles. The zero-order valence-corrected chi connectivity index (χ0v) is 9.34. The maximum absolute atomic E-state index is 5.60. The summed E-state index contributed by atoms with van der Waals surface area (Å²) in [5.41, 5.74) is 0. The molecule has 0 aliphatic rings. The normalized spacial score (nSPS) is 11.5. The molecule has 0 amide bonds. The van der Waals surface area contributed by atoms with Gasteiger partial charge in [-0.1, -0.05) is 6.92 Å². The van der Waals surface area contributed by atoms with E-state index in [1.54, 1.807) is 6.20 Å². The topological polar surface area (TPSA) is 22.1 Å². The largest absolute Gasteiger partial charge is 0.459 e. The fourth-order valence-corrected chi connectivity index (χ4v) is 1.26. The molecule has 0 aromatic carbocycles. The summed E-state index contributed by atoms with van der Waals surface area (Å²) in [7, 11) is 0. The summed E-state index contributed by atoms with van der Waals surface area (Å²) in [4.78, 5) is 4.07. The van der Waals surface area contributed by atoms with Gasteiger partial charge in [-0.25, -0.2) is 4.98 Å². The predicted molar refractivity (Wildman–Crippen MR) is 56.6 cm³/mol. The number of hydrogen-bond acceptors (Lipinski definition) is 2. The first kappa shape index (κ1) is 10.3. The molecular weight excluding hydrogens is 230 g/mol. The van der Waals surface area contributed by atoms with E-state index >= 15 is 0 Å². The molecule has 0 unspecified atom stereocenters. The molecule has 0 aliphatic heterocycles. The molecule has 0 aliphatic carbocycles. The van der Waals surface area contributed by atoms with Crippen molar-refractivity contribution in [3.8, 4) is 5.75 Å². The molecule has 3 heteroatoms. The van der Waals surface area contributed by atoms with Crippen molar-refractivity contribution in [2.45, 2.75) is 20.3 Å². The van der Waals surface area contributed by atoms with Crippen molar-refractivity contribution in [3.63, 3.8) is 0 Å². The Labute approximate surface area is 86.8 Å². The van der Waals surface area contributed by atoms with Gasteiger partial charge in [0.25, 0.3) is 0 Å². The summed E-state index contributed by atoms with van der Waals surface area (Å²) in [5, 5.41) is 0. The second-order valence-electron chi connectivity index (χ2n) is 2.50. The number of allylic oxidation sites excluding steroid dienone is 2. The van der Waals surface area contributed by atoms with Gasteiger partial charge in [0, 0.05) is 12.6 Å². The third kappa shape index (κ3) is 2.84. The molecule has 0 N–H and O–H groups in total. The smallest absolute Gasteiger partial charge is 0.159 e. The summed E-state index contributed by atoms with van der Waals surface area (Å²) < 4.78 is 6.33. The molecule has 70 valence electrons. The van der Waals surface area contributed by atoms with Gasteiger partial charge in [-0.2, -0.15) is 0 Å². The Morgan fingerprint density at radius 1 is 1.69 bits per heavy atom. The monoisotopic (exact) mass is 241 g/mol. The van der Waals surface area contributed by atoms with Gasteiger partial charge in [-0.3, -0.25) is 0 Å². The number of rotatable bonds is 3. The first-order chi connectivity index (χ1) is 6.27. The SMILES string of the molecule is CC=C(CC)Oc1cccnc1Br. The highest BCUT2D eigenvalue weighted by Crippen LogP contribution is 2.23. The quantitative estimate of drug-likeness (QED) is 0.597. The highest BCUT2D eigenvalue weighted by atomic mass is 79.9. The van der Waals surface area contributed by atoms with Gasteiger partial charge in [0.1, 0.15) is 4.60 Å². The standard InChI is InChI=1S/C10H12BrNO/c1-3-8(4-2)13-9-6-5-7-12-10(9)11/h3,5-7H,4H2,1-2H3. The fourth-order valence-electron chi connectivity index (χ4n) is 0.924. The predicted octanol–water partition coefficient (Wildman–Crippen LogP) is 3.54. The van der Waals surface area contributed by atoms with Crippen LogP contribution in [0.3, 0.4) is 0 Å². The molecular formula is C10H12BrNO. The van der Waals surface area contributed by atoms with Crippen molar-refractivity contribution < 1.29 is 4.74 Å². The lowest BCUT2D eigenvalue weighted by molar-refractivity contribution is 0.404. The van der Waals surface area contributed by atoms with E-state index in [0.29, 0.717) is 0 Å². The average molecular weight is 242 g/mol. The van der Waals surface area contributed by atoms with Gasteiger partial charge < -0.3 is 4.74 Å². The Morgan fingerprint density at radius 3 is 3.00 bits per heavy atom. The van der Waals surface area contributed by atoms with Gasteiger partial charge in [0.15, 0.2) is 5.75 Å². The molecule has 1 aromatic rings. The summed E-state index contributed by atoms with van der Waals surface area (Å²) in [5.74, 6) is 1.71. The summed E-state index contributed by atoms with van der Waals surface area (Å²) in [6.45, 7) is 4.02. The van der Waals surface area contributed by atoms with Crippen LogP contribution >= 0.6 is 15.9 Å². The van der Waals surface area contributed by atoms with E-state index in [1.165, 1.54) is 0 Å². The first-order valence-electron chi connectivity index (χ1n) is 4.21.